The molecule has 3 atom stereocenters. The molecule has 2 aromatic heterocycles. The minimum absolute atomic E-state index is 0. The van der Waals surface area contributed by atoms with Crippen LogP contribution in [0.3, 0.4) is 0 Å². The van der Waals surface area contributed by atoms with Crippen molar-refractivity contribution in [3.05, 3.63) is 65.9 Å². The molecule has 3 heterocycles. The van der Waals surface area contributed by atoms with E-state index < -0.39 is 0 Å². The number of nitrogens with one attached hydrogen (secondary N) is 1. The number of benzene rings is 1. The number of nitrogens with zero attached hydrogens (tertiary/aromatic N) is 1. The first-order valence-electron chi connectivity index (χ1n) is 8.54. The molecule has 1 aliphatic heterocycles. The van der Waals surface area contributed by atoms with Crippen LogP contribution >= 0.6 is 12.4 Å². The fourth-order valence-electron chi connectivity index (χ4n) is 3.29. The van der Waals surface area contributed by atoms with E-state index in [1.54, 1.807) is 18.3 Å². The lowest BCUT2D eigenvalue weighted by Crippen LogP contribution is -2.25. The van der Waals surface area contributed by atoms with Gasteiger partial charge in [-0.1, -0.05) is 12.1 Å². The topological polar surface area (TPSA) is 50.4 Å². The maximum absolute atomic E-state index is 13.0. The van der Waals surface area contributed by atoms with Crippen molar-refractivity contribution in [3.63, 3.8) is 0 Å². The lowest BCUT2D eigenvalue weighted by atomic mass is 9.96. The van der Waals surface area contributed by atoms with Crippen LogP contribution in [0.25, 0.3) is 10.9 Å². The summed E-state index contributed by atoms with van der Waals surface area (Å²) in [6.07, 6.45) is 4.28. The first kappa shape index (κ1) is 18.8. The van der Waals surface area contributed by atoms with Gasteiger partial charge in [-0.3, -0.25) is 4.98 Å². The minimum Gasteiger partial charge on any atom is -0.368 e. The van der Waals surface area contributed by atoms with Gasteiger partial charge in [0.2, 0.25) is 0 Å². The lowest BCUT2D eigenvalue weighted by Gasteiger charge is -2.22. The molecule has 4 nitrogen and oxygen atoms in total. The second-order valence-corrected chi connectivity index (χ2v) is 6.71. The summed E-state index contributed by atoms with van der Waals surface area (Å²) in [6.45, 7) is 4.62. The first-order valence-corrected chi connectivity index (χ1v) is 8.54. The van der Waals surface area contributed by atoms with Gasteiger partial charge in [-0.15, -0.1) is 12.4 Å². The van der Waals surface area contributed by atoms with Crippen molar-refractivity contribution in [2.24, 2.45) is 0 Å². The smallest absolute Gasteiger partial charge is 0.133 e. The number of halogens is 2. The van der Waals surface area contributed by atoms with E-state index in [-0.39, 0.29) is 36.0 Å². The van der Waals surface area contributed by atoms with Crippen LogP contribution in [0.5, 0.6) is 0 Å². The highest BCUT2D eigenvalue weighted by Gasteiger charge is 2.57. The van der Waals surface area contributed by atoms with E-state index in [2.05, 4.69) is 16.9 Å². The zero-order valence-electron chi connectivity index (χ0n) is 14.7. The Kier molecular flexibility index (Phi) is 5.32. The summed E-state index contributed by atoms with van der Waals surface area (Å²) < 4.78 is 25.1. The van der Waals surface area contributed by atoms with Crippen molar-refractivity contribution in [1.29, 1.82) is 0 Å². The van der Waals surface area contributed by atoms with Crippen LogP contribution in [0.2, 0.25) is 0 Å². The quantitative estimate of drug-likeness (QED) is 0.639. The first-order chi connectivity index (χ1) is 12.1. The summed E-state index contributed by atoms with van der Waals surface area (Å²) >= 11 is 0. The van der Waals surface area contributed by atoms with E-state index in [9.17, 15) is 4.39 Å². The third kappa shape index (κ3) is 3.47. The van der Waals surface area contributed by atoms with Crippen molar-refractivity contribution >= 4 is 23.3 Å². The van der Waals surface area contributed by atoms with Crippen LogP contribution in [0.4, 0.5) is 4.39 Å². The summed E-state index contributed by atoms with van der Waals surface area (Å²) in [6, 6.07) is 10.5. The van der Waals surface area contributed by atoms with Crippen LogP contribution in [-0.4, -0.2) is 28.3 Å². The van der Waals surface area contributed by atoms with E-state index in [4.69, 9.17) is 9.47 Å². The highest BCUT2D eigenvalue weighted by molar-refractivity contribution is 5.85. The van der Waals surface area contributed by atoms with Gasteiger partial charge in [0, 0.05) is 17.8 Å². The van der Waals surface area contributed by atoms with Crippen LogP contribution in [0, 0.1) is 5.82 Å². The molecular formula is C20H22ClFN2O2. The van der Waals surface area contributed by atoms with Crippen molar-refractivity contribution in [3.8, 4) is 0 Å². The van der Waals surface area contributed by atoms with Gasteiger partial charge in [-0.05, 0) is 50.1 Å². The summed E-state index contributed by atoms with van der Waals surface area (Å²) in [7, 11) is 0. The SMILES string of the molecule is CC1OC1(C)C(OCCc1ccc(F)cc1)c1nccc2cc[nH]c12.Cl. The maximum atomic E-state index is 13.0. The average Bonchev–Trinajstić information content (AvgIpc) is 3.00. The van der Waals surface area contributed by atoms with Crippen LogP contribution in [0.15, 0.2) is 48.8 Å². The highest BCUT2D eigenvalue weighted by Crippen LogP contribution is 2.48. The van der Waals surface area contributed by atoms with Crippen LogP contribution in [0.1, 0.15) is 31.2 Å². The molecule has 1 N–H and O–H groups in total. The van der Waals surface area contributed by atoms with E-state index >= 15 is 0 Å². The number of hydrogen-bond acceptors (Lipinski definition) is 3. The second kappa shape index (κ2) is 7.35. The number of pyridine rings is 1. The van der Waals surface area contributed by atoms with E-state index in [0.29, 0.717) is 13.0 Å². The summed E-state index contributed by atoms with van der Waals surface area (Å²) in [5.41, 5.74) is 2.52. The molecule has 6 heteroatoms. The minimum atomic E-state index is -0.380. The lowest BCUT2D eigenvalue weighted by molar-refractivity contribution is -0.000182. The number of epoxide rings is 1. The Morgan fingerprint density at radius 2 is 2.00 bits per heavy atom. The molecule has 1 aromatic carbocycles. The molecule has 0 radical (unpaired) electrons. The molecule has 0 bridgehead atoms. The number of H-pyrrole nitrogens is 1. The Morgan fingerprint density at radius 3 is 2.69 bits per heavy atom. The molecule has 138 valence electrons. The molecule has 3 aromatic rings. The molecule has 0 amide bonds. The third-order valence-electron chi connectivity index (χ3n) is 5.04. The van der Waals surface area contributed by atoms with Gasteiger partial charge in [0.15, 0.2) is 0 Å². The molecule has 26 heavy (non-hydrogen) atoms. The molecule has 0 saturated carbocycles. The van der Waals surface area contributed by atoms with Gasteiger partial charge in [-0.25, -0.2) is 4.39 Å². The number of fused-ring (bicyclic) bond motifs is 1. The predicted octanol–water partition coefficient (Wildman–Crippen LogP) is 4.60. The van der Waals surface area contributed by atoms with Crippen molar-refractivity contribution < 1.29 is 13.9 Å². The number of ether oxygens (including phenoxy) is 2. The number of aromatic amines is 1. The maximum Gasteiger partial charge on any atom is 0.133 e. The monoisotopic (exact) mass is 376 g/mol. The van der Waals surface area contributed by atoms with E-state index in [1.165, 1.54) is 12.1 Å². The van der Waals surface area contributed by atoms with Gasteiger partial charge >= 0.3 is 0 Å². The Labute approximate surface area is 158 Å². The van der Waals surface area contributed by atoms with Crippen molar-refractivity contribution in [2.45, 2.75) is 38.1 Å². The normalized spacial score (nSPS) is 22.8. The second-order valence-electron chi connectivity index (χ2n) is 6.71. The Bertz CT molecular complexity index is 883. The third-order valence-corrected chi connectivity index (χ3v) is 5.04. The zero-order chi connectivity index (χ0) is 17.4. The summed E-state index contributed by atoms with van der Waals surface area (Å²) in [4.78, 5) is 7.83. The fourth-order valence-corrected chi connectivity index (χ4v) is 3.29. The average molecular weight is 377 g/mol. The number of aromatic nitrogens is 2. The molecule has 1 aliphatic rings. The van der Waals surface area contributed by atoms with Crippen LogP contribution < -0.4 is 0 Å². The largest absolute Gasteiger partial charge is 0.368 e. The molecule has 1 fully saturated rings. The van der Waals surface area contributed by atoms with E-state index in [1.807, 2.05) is 25.3 Å². The summed E-state index contributed by atoms with van der Waals surface area (Å²) in [5.74, 6) is -0.224. The van der Waals surface area contributed by atoms with Gasteiger partial charge in [0.25, 0.3) is 0 Å². The molecule has 1 saturated heterocycles. The van der Waals surface area contributed by atoms with E-state index in [0.717, 1.165) is 22.2 Å². The Morgan fingerprint density at radius 1 is 1.27 bits per heavy atom. The van der Waals surface area contributed by atoms with Gasteiger partial charge < -0.3 is 14.5 Å². The highest BCUT2D eigenvalue weighted by atomic mass is 35.5. The van der Waals surface area contributed by atoms with Gasteiger partial charge in [0.1, 0.15) is 17.5 Å². The zero-order valence-corrected chi connectivity index (χ0v) is 15.6. The van der Waals surface area contributed by atoms with Crippen molar-refractivity contribution in [2.75, 3.05) is 6.61 Å². The van der Waals surface area contributed by atoms with Crippen LogP contribution in [-0.2, 0) is 15.9 Å². The summed E-state index contributed by atoms with van der Waals surface area (Å²) in [5, 5.41) is 1.11. The Hall–Kier alpha value is -1.95. The molecule has 0 spiro atoms. The predicted molar refractivity (Wildman–Crippen MR) is 101 cm³/mol. The van der Waals surface area contributed by atoms with Crippen molar-refractivity contribution in [1.82, 2.24) is 9.97 Å². The molecular weight excluding hydrogens is 355 g/mol. The standard InChI is InChI=1S/C20H21FN2O2.ClH/c1-13-20(2,25-13)19(18-17-15(7-10-22-17)8-11-23-18)24-12-9-14-3-5-16(21)6-4-14;/h3-8,10-11,13,19,22H,9,12H2,1-2H3;1H. The molecule has 4 rings (SSSR count). The number of rotatable bonds is 6. The van der Waals surface area contributed by atoms with Gasteiger partial charge in [-0.2, -0.15) is 0 Å². The number of hydrogen-bond donors (Lipinski definition) is 1. The molecule has 0 aliphatic carbocycles. The fraction of sp³-hybridized carbons (Fsp3) is 0.350. The molecule has 3 unspecified atom stereocenters. The van der Waals surface area contributed by atoms with Gasteiger partial charge in [0.05, 0.1) is 23.9 Å². The Balaban J connectivity index is 0.00000196.